The fraction of sp³-hybridized carbons (Fsp3) is 0.933. The summed E-state index contributed by atoms with van der Waals surface area (Å²) in [6.07, 6.45) is 3.33. The molecule has 112 valence electrons. The van der Waals surface area contributed by atoms with Gasteiger partial charge in [-0.1, -0.05) is 13.3 Å². The Labute approximate surface area is 117 Å². The van der Waals surface area contributed by atoms with E-state index in [0.717, 1.165) is 26.1 Å². The summed E-state index contributed by atoms with van der Waals surface area (Å²) in [4.78, 5) is 13.8. The van der Waals surface area contributed by atoms with Crippen LogP contribution < -0.4 is 5.32 Å². The van der Waals surface area contributed by atoms with Crippen molar-refractivity contribution in [3.8, 4) is 0 Å². The summed E-state index contributed by atoms with van der Waals surface area (Å²) in [5, 5.41) is 3.55. The van der Waals surface area contributed by atoms with Crippen molar-refractivity contribution >= 4 is 6.09 Å². The number of carbonyl (C=O) groups is 1. The van der Waals surface area contributed by atoms with Gasteiger partial charge in [-0.2, -0.15) is 0 Å². The van der Waals surface area contributed by atoms with Crippen molar-refractivity contribution in [2.24, 2.45) is 5.92 Å². The molecule has 19 heavy (non-hydrogen) atoms. The molecule has 4 nitrogen and oxygen atoms in total. The zero-order valence-corrected chi connectivity index (χ0v) is 13.2. The maximum Gasteiger partial charge on any atom is 0.410 e. The number of nitrogens with one attached hydrogen (secondary N) is 1. The number of hydrogen-bond acceptors (Lipinski definition) is 3. The fourth-order valence-electron chi connectivity index (χ4n) is 2.39. The average molecular weight is 270 g/mol. The molecule has 0 aromatic rings. The van der Waals surface area contributed by atoms with E-state index in [-0.39, 0.29) is 6.09 Å². The monoisotopic (exact) mass is 270 g/mol. The molecule has 1 heterocycles. The Hall–Kier alpha value is -0.770. The van der Waals surface area contributed by atoms with Crippen LogP contribution in [0.25, 0.3) is 0 Å². The minimum absolute atomic E-state index is 0.170. The van der Waals surface area contributed by atoms with Crippen molar-refractivity contribution in [2.75, 3.05) is 19.6 Å². The molecule has 0 aromatic carbocycles. The highest BCUT2D eigenvalue weighted by atomic mass is 16.6. The average Bonchev–Trinajstić information content (AvgIpc) is 2.73. The van der Waals surface area contributed by atoms with Gasteiger partial charge in [0.25, 0.3) is 0 Å². The highest BCUT2D eigenvalue weighted by Gasteiger charge is 2.29. The van der Waals surface area contributed by atoms with Crippen molar-refractivity contribution in [3.63, 3.8) is 0 Å². The van der Waals surface area contributed by atoms with E-state index in [1.165, 1.54) is 12.8 Å². The van der Waals surface area contributed by atoms with Crippen LogP contribution in [0.1, 0.15) is 53.9 Å². The molecule has 1 aliphatic heterocycles. The van der Waals surface area contributed by atoms with E-state index in [9.17, 15) is 4.79 Å². The second-order valence-electron chi connectivity index (χ2n) is 6.68. The maximum atomic E-state index is 11.9. The van der Waals surface area contributed by atoms with Gasteiger partial charge in [0.15, 0.2) is 0 Å². The Balaban J connectivity index is 2.27. The predicted molar refractivity (Wildman–Crippen MR) is 78.3 cm³/mol. The van der Waals surface area contributed by atoms with Crippen molar-refractivity contribution in [1.82, 2.24) is 10.2 Å². The minimum atomic E-state index is -0.400. The number of carbonyl (C=O) groups excluding carboxylic acids is 1. The first-order chi connectivity index (χ1) is 8.81. The maximum absolute atomic E-state index is 11.9. The summed E-state index contributed by atoms with van der Waals surface area (Å²) in [6.45, 7) is 12.8. The summed E-state index contributed by atoms with van der Waals surface area (Å²) < 4.78 is 5.40. The molecule has 2 atom stereocenters. The van der Waals surface area contributed by atoms with Gasteiger partial charge in [0.05, 0.1) is 0 Å². The summed E-state index contributed by atoms with van der Waals surface area (Å²) in [7, 11) is 0. The van der Waals surface area contributed by atoms with Gasteiger partial charge < -0.3 is 15.0 Å². The van der Waals surface area contributed by atoms with Crippen molar-refractivity contribution in [3.05, 3.63) is 0 Å². The van der Waals surface area contributed by atoms with Gasteiger partial charge in [0.2, 0.25) is 0 Å². The van der Waals surface area contributed by atoms with E-state index in [1.807, 2.05) is 25.7 Å². The van der Waals surface area contributed by atoms with Crippen LogP contribution in [0.15, 0.2) is 0 Å². The van der Waals surface area contributed by atoms with Crippen LogP contribution in [0.4, 0.5) is 4.79 Å². The first kappa shape index (κ1) is 16.3. The predicted octanol–water partition coefficient (Wildman–Crippen LogP) is 3.02. The van der Waals surface area contributed by atoms with Gasteiger partial charge in [-0.05, 0) is 53.0 Å². The molecule has 1 N–H and O–H groups in total. The molecule has 0 saturated carbocycles. The number of nitrogens with zero attached hydrogens (tertiary/aromatic N) is 1. The standard InChI is InChI=1S/C15H30N2O2/c1-6-7-12(2)16-10-13-8-9-17(11-13)14(18)19-15(3,4)5/h12-13,16H,6-11H2,1-5H3. The van der Waals surface area contributed by atoms with Crippen molar-refractivity contribution in [2.45, 2.75) is 65.5 Å². The third-order valence-electron chi connectivity index (χ3n) is 3.41. The third-order valence-corrected chi connectivity index (χ3v) is 3.41. The molecule has 0 aromatic heterocycles. The molecule has 0 spiro atoms. The Kier molecular flexibility index (Phi) is 6.11. The fourth-order valence-corrected chi connectivity index (χ4v) is 2.39. The molecule has 1 fully saturated rings. The molecule has 1 aliphatic rings. The molecule has 4 heteroatoms. The molecule has 0 bridgehead atoms. The highest BCUT2D eigenvalue weighted by molar-refractivity contribution is 5.68. The smallest absolute Gasteiger partial charge is 0.410 e. The van der Waals surface area contributed by atoms with Gasteiger partial charge in [-0.15, -0.1) is 0 Å². The zero-order chi connectivity index (χ0) is 14.5. The molecule has 0 radical (unpaired) electrons. The van der Waals surface area contributed by atoms with Crippen LogP contribution in [0.5, 0.6) is 0 Å². The van der Waals surface area contributed by atoms with E-state index in [0.29, 0.717) is 12.0 Å². The van der Waals surface area contributed by atoms with Crippen LogP contribution in [0.2, 0.25) is 0 Å². The largest absolute Gasteiger partial charge is 0.444 e. The van der Waals surface area contributed by atoms with Gasteiger partial charge in [0, 0.05) is 19.1 Å². The number of ether oxygens (including phenoxy) is 1. The molecular formula is C15H30N2O2. The first-order valence-corrected chi connectivity index (χ1v) is 7.53. The quantitative estimate of drug-likeness (QED) is 0.835. The minimum Gasteiger partial charge on any atom is -0.444 e. The molecular weight excluding hydrogens is 240 g/mol. The number of rotatable bonds is 5. The molecule has 2 unspecified atom stereocenters. The Morgan fingerprint density at radius 3 is 2.74 bits per heavy atom. The van der Waals surface area contributed by atoms with Crippen LogP contribution in [-0.4, -0.2) is 42.3 Å². The summed E-state index contributed by atoms with van der Waals surface area (Å²) >= 11 is 0. The molecule has 1 amide bonds. The number of hydrogen-bond donors (Lipinski definition) is 1. The lowest BCUT2D eigenvalue weighted by Gasteiger charge is -2.24. The van der Waals surface area contributed by atoms with Crippen molar-refractivity contribution < 1.29 is 9.53 Å². The lowest BCUT2D eigenvalue weighted by molar-refractivity contribution is 0.0288. The Morgan fingerprint density at radius 1 is 1.47 bits per heavy atom. The molecule has 0 aliphatic carbocycles. The normalized spacial score (nSPS) is 21.5. The van der Waals surface area contributed by atoms with Gasteiger partial charge in [-0.25, -0.2) is 4.79 Å². The summed E-state index contributed by atoms with van der Waals surface area (Å²) in [5.74, 6) is 0.562. The van der Waals surface area contributed by atoms with E-state index >= 15 is 0 Å². The Morgan fingerprint density at radius 2 is 2.16 bits per heavy atom. The molecule has 1 saturated heterocycles. The highest BCUT2D eigenvalue weighted by Crippen LogP contribution is 2.19. The topological polar surface area (TPSA) is 41.6 Å². The number of likely N-dealkylation sites (tertiary alicyclic amines) is 1. The SMILES string of the molecule is CCCC(C)NCC1CCN(C(=O)OC(C)(C)C)C1. The van der Waals surface area contributed by atoms with Crippen molar-refractivity contribution in [1.29, 1.82) is 0 Å². The second-order valence-corrected chi connectivity index (χ2v) is 6.68. The van der Waals surface area contributed by atoms with Gasteiger partial charge in [-0.3, -0.25) is 0 Å². The van der Waals surface area contributed by atoms with Gasteiger partial charge >= 0.3 is 6.09 Å². The van der Waals surface area contributed by atoms with E-state index in [2.05, 4.69) is 19.2 Å². The van der Waals surface area contributed by atoms with Crippen LogP contribution in [0.3, 0.4) is 0 Å². The molecule has 1 rings (SSSR count). The Bertz CT molecular complexity index is 286. The van der Waals surface area contributed by atoms with E-state index in [4.69, 9.17) is 4.74 Å². The summed E-state index contributed by atoms with van der Waals surface area (Å²) in [6, 6.07) is 0.570. The van der Waals surface area contributed by atoms with Crippen LogP contribution in [-0.2, 0) is 4.74 Å². The van der Waals surface area contributed by atoms with Crippen LogP contribution >= 0.6 is 0 Å². The van der Waals surface area contributed by atoms with E-state index < -0.39 is 5.60 Å². The third kappa shape index (κ3) is 6.28. The van der Waals surface area contributed by atoms with E-state index in [1.54, 1.807) is 0 Å². The lowest BCUT2D eigenvalue weighted by atomic mass is 10.1. The first-order valence-electron chi connectivity index (χ1n) is 7.53. The number of amides is 1. The lowest BCUT2D eigenvalue weighted by Crippen LogP contribution is -2.37. The summed E-state index contributed by atoms with van der Waals surface area (Å²) in [5.41, 5.74) is -0.400. The van der Waals surface area contributed by atoms with Crippen LogP contribution in [0, 0.1) is 5.92 Å². The second kappa shape index (κ2) is 7.13. The van der Waals surface area contributed by atoms with Gasteiger partial charge in [0.1, 0.15) is 5.60 Å². The zero-order valence-electron chi connectivity index (χ0n) is 13.2.